The third-order valence-corrected chi connectivity index (χ3v) is 3.50. The van der Waals surface area contributed by atoms with Gasteiger partial charge in [-0.1, -0.05) is 12.1 Å². The average molecular weight is 258 g/mol. The van der Waals surface area contributed by atoms with Crippen LogP contribution >= 0.6 is 0 Å². The Bertz CT molecular complexity index is 476. The molecular weight excluding hydrogens is 236 g/mol. The molecule has 1 atom stereocenters. The highest BCUT2D eigenvalue weighted by molar-refractivity contribution is 5.48. The van der Waals surface area contributed by atoms with E-state index in [9.17, 15) is 0 Å². The van der Waals surface area contributed by atoms with Crippen LogP contribution in [-0.4, -0.2) is 13.6 Å². The van der Waals surface area contributed by atoms with E-state index >= 15 is 0 Å². The van der Waals surface area contributed by atoms with Crippen molar-refractivity contribution in [2.75, 3.05) is 18.5 Å². The van der Waals surface area contributed by atoms with E-state index in [-0.39, 0.29) is 0 Å². The molecule has 0 bridgehead atoms. The fourth-order valence-corrected chi connectivity index (χ4v) is 2.12. The molecule has 1 unspecified atom stereocenters. The van der Waals surface area contributed by atoms with Crippen LogP contribution in [0.4, 0.5) is 5.69 Å². The Morgan fingerprint density at radius 2 is 1.95 bits per heavy atom. The molecule has 19 heavy (non-hydrogen) atoms. The Kier molecular flexibility index (Phi) is 4.63. The van der Waals surface area contributed by atoms with E-state index in [2.05, 4.69) is 48.3 Å². The number of rotatable bonds is 6. The fraction of sp³-hybridized carbons (Fsp3) is 0.375. The summed E-state index contributed by atoms with van der Waals surface area (Å²) in [4.78, 5) is 2.30. The molecule has 0 fully saturated rings. The summed E-state index contributed by atoms with van der Waals surface area (Å²) in [6.45, 7) is 6.09. The van der Waals surface area contributed by atoms with Crippen molar-refractivity contribution in [3.05, 3.63) is 54.0 Å². The van der Waals surface area contributed by atoms with E-state index in [0.29, 0.717) is 6.04 Å². The molecule has 0 aliphatic heterocycles. The van der Waals surface area contributed by atoms with Crippen LogP contribution in [-0.2, 0) is 6.54 Å². The lowest BCUT2D eigenvalue weighted by molar-refractivity contribution is 0.503. The molecule has 0 radical (unpaired) electrons. The van der Waals surface area contributed by atoms with Crippen LogP contribution in [0.2, 0.25) is 0 Å². The van der Waals surface area contributed by atoms with Crippen molar-refractivity contribution in [2.45, 2.75) is 26.4 Å². The number of nitrogens with zero attached hydrogens (tertiary/aromatic N) is 1. The monoisotopic (exact) mass is 258 g/mol. The predicted octanol–water partition coefficient (Wildman–Crippen LogP) is 3.59. The van der Waals surface area contributed by atoms with Gasteiger partial charge >= 0.3 is 0 Å². The van der Waals surface area contributed by atoms with Gasteiger partial charge in [0.2, 0.25) is 0 Å². The third kappa shape index (κ3) is 3.38. The van der Waals surface area contributed by atoms with E-state index in [1.165, 1.54) is 11.3 Å². The first-order valence-electron chi connectivity index (χ1n) is 6.79. The van der Waals surface area contributed by atoms with E-state index in [1.807, 2.05) is 19.2 Å². The van der Waals surface area contributed by atoms with Gasteiger partial charge in [0.15, 0.2) is 0 Å². The molecule has 2 aromatic rings. The number of furan rings is 1. The number of benzene rings is 1. The summed E-state index contributed by atoms with van der Waals surface area (Å²) < 4.78 is 5.41. The maximum atomic E-state index is 5.41. The van der Waals surface area contributed by atoms with Gasteiger partial charge in [-0.15, -0.1) is 0 Å². The molecule has 0 aliphatic carbocycles. The van der Waals surface area contributed by atoms with Gasteiger partial charge in [0.25, 0.3) is 0 Å². The van der Waals surface area contributed by atoms with Crippen LogP contribution in [0.1, 0.15) is 31.2 Å². The molecule has 1 aromatic carbocycles. The lowest BCUT2D eigenvalue weighted by Crippen LogP contribution is -2.21. The molecule has 0 spiro atoms. The molecule has 0 amide bonds. The van der Waals surface area contributed by atoms with Crippen molar-refractivity contribution < 1.29 is 4.42 Å². The summed E-state index contributed by atoms with van der Waals surface area (Å²) in [5.74, 6) is 0.995. The zero-order valence-corrected chi connectivity index (χ0v) is 11.9. The van der Waals surface area contributed by atoms with Crippen LogP contribution in [0, 0.1) is 0 Å². The van der Waals surface area contributed by atoms with Crippen molar-refractivity contribution in [1.29, 1.82) is 0 Å². The summed E-state index contributed by atoms with van der Waals surface area (Å²) >= 11 is 0. The second kappa shape index (κ2) is 6.43. The summed E-state index contributed by atoms with van der Waals surface area (Å²) in [6, 6.07) is 13.0. The second-order valence-corrected chi connectivity index (χ2v) is 4.70. The highest BCUT2D eigenvalue weighted by atomic mass is 16.3. The maximum Gasteiger partial charge on any atom is 0.123 e. The zero-order chi connectivity index (χ0) is 13.7. The molecule has 0 saturated heterocycles. The molecule has 0 aliphatic rings. The summed E-state index contributed by atoms with van der Waals surface area (Å²) in [6.07, 6.45) is 1.72. The van der Waals surface area contributed by atoms with E-state index in [1.54, 1.807) is 6.26 Å². The van der Waals surface area contributed by atoms with Gasteiger partial charge in [-0.3, -0.25) is 0 Å². The largest absolute Gasteiger partial charge is 0.467 e. The molecule has 1 heterocycles. The van der Waals surface area contributed by atoms with Gasteiger partial charge in [-0.25, -0.2) is 0 Å². The third-order valence-electron chi connectivity index (χ3n) is 3.50. The summed E-state index contributed by atoms with van der Waals surface area (Å²) in [5.41, 5.74) is 2.53. The Labute approximate surface area is 115 Å². The van der Waals surface area contributed by atoms with Crippen LogP contribution in [0.15, 0.2) is 47.1 Å². The van der Waals surface area contributed by atoms with Crippen molar-refractivity contribution in [2.24, 2.45) is 0 Å². The highest BCUT2D eigenvalue weighted by Gasteiger charge is 2.08. The van der Waals surface area contributed by atoms with E-state index in [0.717, 1.165) is 18.8 Å². The van der Waals surface area contributed by atoms with E-state index < -0.39 is 0 Å². The SMILES string of the molecule is CCN(Cc1ccco1)c1ccc(C(C)NC)cc1. The van der Waals surface area contributed by atoms with E-state index in [4.69, 9.17) is 4.42 Å². The van der Waals surface area contributed by atoms with Gasteiger partial charge in [-0.2, -0.15) is 0 Å². The summed E-state index contributed by atoms with van der Waals surface area (Å²) in [7, 11) is 1.98. The van der Waals surface area contributed by atoms with Crippen LogP contribution in [0.25, 0.3) is 0 Å². The van der Waals surface area contributed by atoms with Crippen LogP contribution < -0.4 is 10.2 Å². The van der Waals surface area contributed by atoms with Crippen molar-refractivity contribution in [3.63, 3.8) is 0 Å². The van der Waals surface area contributed by atoms with Crippen LogP contribution in [0.3, 0.4) is 0 Å². The van der Waals surface area contributed by atoms with Crippen molar-refractivity contribution in [3.8, 4) is 0 Å². The molecule has 0 saturated carbocycles. The normalized spacial score (nSPS) is 12.4. The standard InChI is InChI=1S/C16H22N2O/c1-4-18(12-16-6-5-11-19-16)15-9-7-14(8-10-15)13(2)17-3/h5-11,13,17H,4,12H2,1-3H3. The lowest BCUT2D eigenvalue weighted by Gasteiger charge is -2.22. The molecule has 3 heteroatoms. The minimum atomic E-state index is 0.384. The lowest BCUT2D eigenvalue weighted by atomic mass is 10.1. The number of hydrogen-bond donors (Lipinski definition) is 1. The smallest absolute Gasteiger partial charge is 0.123 e. The molecule has 102 valence electrons. The molecule has 1 aromatic heterocycles. The first kappa shape index (κ1) is 13.7. The predicted molar refractivity (Wildman–Crippen MR) is 79.3 cm³/mol. The second-order valence-electron chi connectivity index (χ2n) is 4.70. The molecular formula is C16H22N2O. The topological polar surface area (TPSA) is 28.4 Å². The number of nitrogens with one attached hydrogen (secondary N) is 1. The van der Waals surface area contributed by atoms with Crippen molar-refractivity contribution in [1.82, 2.24) is 5.32 Å². The first-order chi connectivity index (χ1) is 9.24. The highest BCUT2D eigenvalue weighted by Crippen LogP contribution is 2.20. The van der Waals surface area contributed by atoms with Gasteiger partial charge < -0.3 is 14.6 Å². The minimum absolute atomic E-state index is 0.384. The van der Waals surface area contributed by atoms with Gasteiger partial charge in [0, 0.05) is 18.3 Å². The summed E-state index contributed by atoms with van der Waals surface area (Å²) in [5, 5.41) is 3.25. The zero-order valence-electron chi connectivity index (χ0n) is 11.9. The Morgan fingerprint density at radius 3 is 2.47 bits per heavy atom. The van der Waals surface area contributed by atoms with Gasteiger partial charge in [-0.05, 0) is 50.7 Å². The number of anilines is 1. The average Bonchev–Trinajstić information content (AvgIpc) is 2.97. The van der Waals surface area contributed by atoms with Crippen molar-refractivity contribution >= 4 is 5.69 Å². The minimum Gasteiger partial charge on any atom is -0.467 e. The van der Waals surface area contributed by atoms with Gasteiger partial charge in [0.05, 0.1) is 12.8 Å². The Hall–Kier alpha value is -1.74. The first-order valence-corrected chi connectivity index (χ1v) is 6.79. The Balaban J connectivity index is 2.10. The maximum absolute atomic E-state index is 5.41. The van der Waals surface area contributed by atoms with Gasteiger partial charge in [0.1, 0.15) is 5.76 Å². The fourth-order valence-electron chi connectivity index (χ4n) is 2.12. The molecule has 2 rings (SSSR count). The molecule has 3 nitrogen and oxygen atoms in total. The van der Waals surface area contributed by atoms with Crippen LogP contribution in [0.5, 0.6) is 0 Å². The quantitative estimate of drug-likeness (QED) is 0.858. The Morgan fingerprint density at radius 1 is 1.21 bits per heavy atom. The number of hydrogen-bond acceptors (Lipinski definition) is 3. The molecule has 1 N–H and O–H groups in total.